The van der Waals surface area contributed by atoms with Crippen LogP contribution in [0.5, 0.6) is 0 Å². The third-order valence-corrected chi connectivity index (χ3v) is 7.19. The number of hydrogen-bond acceptors (Lipinski definition) is 7. The zero-order valence-corrected chi connectivity index (χ0v) is 22.7. The number of rotatable bonds is 10. The van der Waals surface area contributed by atoms with E-state index in [9.17, 15) is 14.4 Å². The number of thiazole rings is 1. The molecular weight excluding hydrogens is 526 g/mol. The molecule has 4 rings (SSSR count). The molecule has 1 fully saturated rings. The largest absolute Gasteiger partial charge is 0.383 e. The van der Waals surface area contributed by atoms with Gasteiger partial charge in [0.2, 0.25) is 11.8 Å². The number of benzene rings is 2. The molecule has 2 aromatic carbocycles. The number of nitrogens with zero attached hydrogens (tertiary/aromatic N) is 4. The van der Waals surface area contributed by atoms with E-state index in [0.717, 1.165) is 18.8 Å². The van der Waals surface area contributed by atoms with Crippen molar-refractivity contribution in [3.8, 4) is 0 Å². The number of amides is 3. The molecule has 0 bridgehead atoms. The summed E-state index contributed by atoms with van der Waals surface area (Å²) in [4.78, 5) is 48.3. The highest BCUT2D eigenvalue weighted by Crippen LogP contribution is 2.21. The Bertz CT molecular complexity index is 1250. The molecule has 0 radical (unpaired) electrons. The number of ether oxygens (including phenoxy) is 1. The number of nitrogens with one attached hydrogen (secondary N) is 1. The molecular formula is C27H30ClN5O4S. The third kappa shape index (κ3) is 7.53. The van der Waals surface area contributed by atoms with Gasteiger partial charge in [-0.15, -0.1) is 11.3 Å². The van der Waals surface area contributed by atoms with Gasteiger partial charge in [0, 0.05) is 61.5 Å². The van der Waals surface area contributed by atoms with Crippen molar-refractivity contribution in [2.45, 2.75) is 6.42 Å². The minimum Gasteiger partial charge on any atom is -0.383 e. The van der Waals surface area contributed by atoms with E-state index < -0.39 is 0 Å². The molecule has 3 amide bonds. The standard InChI is InChI=1S/C27H30ClN5O4S/c1-37-15-14-33(26(36)20-6-3-2-4-7-20)18-24(34)30-27-29-22(19-38-27)17-25(35)32-12-10-31(11-13-32)23-9-5-8-21(28)16-23/h2-9,16,19H,10-15,17-18H2,1H3,(H,29,30,34). The van der Waals surface area contributed by atoms with Crippen LogP contribution in [0.1, 0.15) is 16.1 Å². The van der Waals surface area contributed by atoms with E-state index in [2.05, 4.69) is 15.2 Å². The number of halogens is 1. The summed E-state index contributed by atoms with van der Waals surface area (Å²) in [6.07, 6.45) is 0.163. The Kier molecular flexibility index (Phi) is 9.69. The van der Waals surface area contributed by atoms with E-state index in [1.807, 2.05) is 35.2 Å². The maximum Gasteiger partial charge on any atom is 0.254 e. The van der Waals surface area contributed by atoms with E-state index in [-0.39, 0.29) is 37.2 Å². The zero-order chi connectivity index (χ0) is 26.9. The van der Waals surface area contributed by atoms with Gasteiger partial charge >= 0.3 is 0 Å². The molecule has 11 heteroatoms. The number of aromatic nitrogens is 1. The van der Waals surface area contributed by atoms with Gasteiger partial charge in [-0.05, 0) is 30.3 Å². The van der Waals surface area contributed by atoms with Crippen molar-refractivity contribution in [1.82, 2.24) is 14.8 Å². The van der Waals surface area contributed by atoms with Crippen molar-refractivity contribution in [1.29, 1.82) is 0 Å². The van der Waals surface area contributed by atoms with Gasteiger partial charge in [-0.2, -0.15) is 0 Å². The maximum atomic E-state index is 12.9. The molecule has 200 valence electrons. The van der Waals surface area contributed by atoms with Gasteiger partial charge in [0.1, 0.15) is 6.54 Å². The lowest BCUT2D eigenvalue weighted by atomic mass is 10.2. The van der Waals surface area contributed by atoms with Gasteiger partial charge in [0.15, 0.2) is 5.13 Å². The van der Waals surface area contributed by atoms with Crippen LogP contribution in [0.15, 0.2) is 60.0 Å². The molecule has 3 aromatic rings. The second-order valence-corrected chi connectivity index (χ2v) is 10.1. The lowest BCUT2D eigenvalue weighted by Crippen LogP contribution is -2.49. The quantitative estimate of drug-likeness (QED) is 0.412. The van der Waals surface area contributed by atoms with Crippen molar-refractivity contribution in [2.24, 2.45) is 0 Å². The number of methoxy groups -OCH3 is 1. The minimum absolute atomic E-state index is 0.00174. The first kappa shape index (κ1) is 27.6. The summed E-state index contributed by atoms with van der Waals surface area (Å²) in [7, 11) is 1.54. The normalized spacial score (nSPS) is 13.3. The van der Waals surface area contributed by atoms with E-state index >= 15 is 0 Å². The van der Waals surface area contributed by atoms with E-state index in [1.54, 1.807) is 36.8 Å². The smallest absolute Gasteiger partial charge is 0.254 e. The number of carbonyl (C=O) groups is 3. The van der Waals surface area contributed by atoms with Crippen molar-refractivity contribution in [2.75, 3.05) is 63.2 Å². The predicted octanol–water partition coefficient (Wildman–Crippen LogP) is 3.42. The van der Waals surface area contributed by atoms with Gasteiger partial charge in [0.05, 0.1) is 18.7 Å². The van der Waals surface area contributed by atoms with Crippen LogP contribution in [0.3, 0.4) is 0 Å². The van der Waals surface area contributed by atoms with Crippen molar-refractivity contribution in [3.05, 3.63) is 76.3 Å². The molecule has 0 saturated carbocycles. The molecule has 0 spiro atoms. The van der Waals surface area contributed by atoms with Crippen LogP contribution in [-0.4, -0.2) is 85.5 Å². The molecule has 0 aliphatic carbocycles. The topological polar surface area (TPSA) is 95.1 Å². The van der Waals surface area contributed by atoms with Crippen LogP contribution in [-0.2, 0) is 20.7 Å². The van der Waals surface area contributed by atoms with Gasteiger partial charge in [-0.1, -0.05) is 35.9 Å². The molecule has 38 heavy (non-hydrogen) atoms. The lowest BCUT2D eigenvalue weighted by Gasteiger charge is -2.36. The molecule has 0 unspecified atom stereocenters. The van der Waals surface area contributed by atoms with Crippen molar-refractivity contribution >= 4 is 51.5 Å². The number of carbonyl (C=O) groups excluding carboxylic acids is 3. The Labute approximate surface area is 231 Å². The van der Waals surface area contributed by atoms with Crippen LogP contribution in [0.4, 0.5) is 10.8 Å². The Morgan fingerprint density at radius 1 is 1.08 bits per heavy atom. The first-order chi connectivity index (χ1) is 18.4. The summed E-state index contributed by atoms with van der Waals surface area (Å²) in [6.45, 7) is 3.14. The van der Waals surface area contributed by atoms with Crippen LogP contribution < -0.4 is 10.2 Å². The highest BCUT2D eigenvalue weighted by molar-refractivity contribution is 7.13. The molecule has 9 nitrogen and oxygen atoms in total. The molecule has 1 N–H and O–H groups in total. The van der Waals surface area contributed by atoms with Crippen LogP contribution in [0, 0.1) is 0 Å². The second-order valence-electron chi connectivity index (χ2n) is 8.80. The SMILES string of the molecule is COCCN(CC(=O)Nc1nc(CC(=O)N2CCN(c3cccc(Cl)c3)CC2)cs1)C(=O)c1ccccc1. The molecule has 1 saturated heterocycles. The lowest BCUT2D eigenvalue weighted by molar-refractivity contribution is -0.130. The fourth-order valence-electron chi connectivity index (χ4n) is 4.15. The summed E-state index contributed by atoms with van der Waals surface area (Å²) in [5.74, 6) is -0.619. The molecule has 0 atom stereocenters. The number of hydrogen-bond donors (Lipinski definition) is 1. The summed E-state index contributed by atoms with van der Waals surface area (Å²) in [6, 6.07) is 16.5. The van der Waals surface area contributed by atoms with Crippen molar-refractivity contribution < 1.29 is 19.1 Å². The number of piperazine rings is 1. The fourth-order valence-corrected chi connectivity index (χ4v) is 5.06. The highest BCUT2D eigenvalue weighted by atomic mass is 35.5. The van der Waals surface area contributed by atoms with E-state index in [4.69, 9.17) is 16.3 Å². The van der Waals surface area contributed by atoms with Crippen LogP contribution in [0.2, 0.25) is 5.02 Å². The number of anilines is 2. The molecule has 2 heterocycles. The van der Waals surface area contributed by atoms with Gasteiger partial charge in [0.25, 0.3) is 5.91 Å². The molecule has 1 aliphatic heterocycles. The second kappa shape index (κ2) is 13.4. The third-order valence-electron chi connectivity index (χ3n) is 6.14. The minimum atomic E-state index is -0.366. The fraction of sp³-hybridized carbons (Fsp3) is 0.333. The van der Waals surface area contributed by atoms with Gasteiger partial charge in [-0.25, -0.2) is 4.98 Å². The van der Waals surface area contributed by atoms with Crippen LogP contribution in [0.25, 0.3) is 0 Å². The van der Waals surface area contributed by atoms with Gasteiger partial charge in [-0.3, -0.25) is 14.4 Å². The first-order valence-corrected chi connectivity index (χ1v) is 13.5. The Morgan fingerprint density at radius 3 is 2.55 bits per heavy atom. The predicted molar refractivity (Wildman–Crippen MR) is 149 cm³/mol. The summed E-state index contributed by atoms with van der Waals surface area (Å²) >= 11 is 7.36. The van der Waals surface area contributed by atoms with Gasteiger partial charge < -0.3 is 24.8 Å². The summed E-state index contributed by atoms with van der Waals surface area (Å²) in [5.41, 5.74) is 2.15. The maximum absolute atomic E-state index is 12.9. The first-order valence-electron chi connectivity index (χ1n) is 12.3. The average molecular weight is 556 g/mol. The van der Waals surface area contributed by atoms with Crippen molar-refractivity contribution in [3.63, 3.8) is 0 Å². The Balaban J connectivity index is 1.27. The zero-order valence-electron chi connectivity index (χ0n) is 21.1. The molecule has 1 aromatic heterocycles. The van der Waals surface area contributed by atoms with Crippen LogP contribution >= 0.6 is 22.9 Å². The monoisotopic (exact) mass is 555 g/mol. The Morgan fingerprint density at radius 2 is 1.84 bits per heavy atom. The highest BCUT2D eigenvalue weighted by Gasteiger charge is 2.23. The summed E-state index contributed by atoms with van der Waals surface area (Å²) < 4.78 is 5.10. The van der Waals surface area contributed by atoms with E-state index in [0.29, 0.717) is 41.1 Å². The average Bonchev–Trinajstić information content (AvgIpc) is 3.37. The molecule has 1 aliphatic rings. The Hall–Kier alpha value is -3.47. The summed E-state index contributed by atoms with van der Waals surface area (Å²) in [5, 5.41) is 5.60. The van der Waals surface area contributed by atoms with E-state index in [1.165, 1.54) is 16.2 Å².